The van der Waals surface area contributed by atoms with Crippen LogP contribution in [0.15, 0.2) is 45.6 Å². The summed E-state index contributed by atoms with van der Waals surface area (Å²) in [6, 6.07) is 11.8. The van der Waals surface area contributed by atoms with Gasteiger partial charge in [0.15, 0.2) is 11.5 Å². The van der Waals surface area contributed by atoms with Gasteiger partial charge >= 0.3 is 5.63 Å². The molecule has 0 atom stereocenters. The minimum atomic E-state index is -0.294. The predicted molar refractivity (Wildman–Crippen MR) is 115 cm³/mol. The quantitative estimate of drug-likeness (QED) is 0.444. The van der Waals surface area contributed by atoms with E-state index in [0.29, 0.717) is 18.8 Å². The molecule has 1 aromatic heterocycles. The van der Waals surface area contributed by atoms with Crippen LogP contribution in [0.5, 0.6) is 11.5 Å². The van der Waals surface area contributed by atoms with Gasteiger partial charge in [-0.3, -0.25) is 0 Å². The van der Waals surface area contributed by atoms with Crippen molar-refractivity contribution in [3.63, 3.8) is 0 Å². The Morgan fingerprint density at radius 3 is 2.41 bits per heavy atom. The van der Waals surface area contributed by atoms with Gasteiger partial charge in [-0.05, 0) is 68.7 Å². The van der Waals surface area contributed by atoms with E-state index in [1.165, 1.54) is 11.1 Å². The summed E-state index contributed by atoms with van der Waals surface area (Å²) in [5, 5.41) is 3.24. The maximum Gasteiger partial charge on any atom is 0.336 e. The first-order chi connectivity index (χ1) is 14.0. The number of hydrogen-bond acceptors (Lipinski definition) is 4. The Balaban J connectivity index is 1.67. The van der Waals surface area contributed by atoms with Crippen LogP contribution in [-0.2, 0) is 13.0 Å². The summed E-state index contributed by atoms with van der Waals surface area (Å²) in [6.45, 7) is 10.9. The monoisotopic (exact) mass is 396 g/mol. The molecular formula is C24H30NO4+. The second kappa shape index (κ2) is 9.61. The van der Waals surface area contributed by atoms with Crippen molar-refractivity contribution < 1.29 is 19.2 Å². The second-order valence-corrected chi connectivity index (χ2v) is 7.20. The molecule has 5 heteroatoms. The molecule has 29 heavy (non-hydrogen) atoms. The van der Waals surface area contributed by atoms with E-state index < -0.39 is 0 Å². The highest BCUT2D eigenvalue weighted by Crippen LogP contribution is 2.28. The lowest BCUT2D eigenvalue weighted by Crippen LogP contribution is -2.83. The van der Waals surface area contributed by atoms with Gasteiger partial charge in [-0.25, -0.2) is 4.79 Å². The first-order valence-corrected chi connectivity index (χ1v) is 10.3. The maximum atomic E-state index is 11.9. The fraction of sp³-hybridized carbons (Fsp3) is 0.375. The molecule has 3 aromatic rings. The minimum Gasteiger partial charge on any atom is -0.490 e. The van der Waals surface area contributed by atoms with Crippen LogP contribution < -0.4 is 20.4 Å². The summed E-state index contributed by atoms with van der Waals surface area (Å²) in [4.78, 5) is 11.9. The van der Waals surface area contributed by atoms with E-state index in [2.05, 4.69) is 30.4 Å². The van der Waals surface area contributed by atoms with Crippen LogP contribution in [0.1, 0.15) is 36.1 Å². The first kappa shape index (κ1) is 20.9. The average molecular weight is 397 g/mol. The molecular weight excluding hydrogens is 366 g/mol. The summed E-state index contributed by atoms with van der Waals surface area (Å²) >= 11 is 0. The molecule has 0 aliphatic rings. The molecule has 0 radical (unpaired) electrons. The summed E-state index contributed by atoms with van der Waals surface area (Å²) in [5.41, 5.74) is 4.92. The molecule has 0 aliphatic heterocycles. The van der Waals surface area contributed by atoms with Crippen LogP contribution in [-0.4, -0.2) is 19.8 Å². The fourth-order valence-corrected chi connectivity index (χ4v) is 3.43. The number of ether oxygens (including phenoxy) is 2. The van der Waals surface area contributed by atoms with Crippen LogP contribution in [0.4, 0.5) is 0 Å². The lowest BCUT2D eigenvalue weighted by Gasteiger charge is -2.12. The molecule has 2 N–H and O–H groups in total. The van der Waals surface area contributed by atoms with Gasteiger partial charge < -0.3 is 19.2 Å². The van der Waals surface area contributed by atoms with E-state index in [-0.39, 0.29) is 5.63 Å². The Labute approximate surface area is 171 Å². The Morgan fingerprint density at radius 2 is 1.66 bits per heavy atom. The van der Waals surface area contributed by atoms with Crippen LogP contribution in [0, 0.1) is 13.8 Å². The molecule has 0 amide bonds. The molecule has 0 bridgehead atoms. The first-order valence-electron chi connectivity index (χ1n) is 10.3. The molecule has 0 saturated carbocycles. The van der Waals surface area contributed by atoms with Crippen molar-refractivity contribution >= 4 is 11.0 Å². The lowest BCUT2D eigenvalue weighted by molar-refractivity contribution is -0.670. The number of aryl methyl sites for hydroxylation is 2. The predicted octanol–water partition coefficient (Wildman–Crippen LogP) is 3.51. The zero-order valence-electron chi connectivity index (χ0n) is 17.7. The highest BCUT2D eigenvalue weighted by molar-refractivity contribution is 5.81. The second-order valence-electron chi connectivity index (χ2n) is 7.20. The molecule has 0 aliphatic carbocycles. The third-order valence-electron chi connectivity index (χ3n) is 5.05. The highest BCUT2D eigenvalue weighted by Gasteiger charge is 2.10. The number of hydrogen-bond donors (Lipinski definition) is 1. The lowest BCUT2D eigenvalue weighted by atomic mass is 10.0. The van der Waals surface area contributed by atoms with Crippen molar-refractivity contribution in [1.82, 2.24) is 0 Å². The molecule has 0 spiro atoms. The molecule has 5 nitrogen and oxygen atoms in total. The van der Waals surface area contributed by atoms with E-state index in [1.807, 2.05) is 32.9 Å². The molecule has 0 unspecified atom stereocenters. The van der Waals surface area contributed by atoms with Crippen LogP contribution >= 0.6 is 0 Å². The van der Waals surface area contributed by atoms with Crippen molar-refractivity contribution in [1.29, 1.82) is 0 Å². The van der Waals surface area contributed by atoms with E-state index in [1.54, 1.807) is 6.07 Å². The molecule has 154 valence electrons. The Morgan fingerprint density at radius 1 is 0.931 bits per heavy atom. The highest BCUT2D eigenvalue weighted by atomic mass is 16.5. The topological polar surface area (TPSA) is 65.3 Å². The summed E-state index contributed by atoms with van der Waals surface area (Å²) in [5.74, 6) is 1.58. The van der Waals surface area contributed by atoms with E-state index in [0.717, 1.165) is 47.5 Å². The van der Waals surface area contributed by atoms with Gasteiger partial charge in [0.1, 0.15) is 12.1 Å². The number of benzene rings is 2. The van der Waals surface area contributed by atoms with E-state index in [4.69, 9.17) is 13.9 Å². The van der Waals surface area contributed by atoms with Gasteiger partial charge in [0, 0.05) is 23.4 Å². The van der Waals surface area contributed by atoms with Crippen molar-refractivity contribution in [2.75, 3.05) is 19.8 Å². The fourth-order valence-electron chi connectivity index (χ4n) is 3.43. The molecule has 0 fully saturated rings. The summed E-state index contributed by atoms with van der Waals surface area (Å²) in [6.07, 6.45) is 0.907. The summed E-state index contributed by atoms with van der Waals surface area (Å²) in [7, 11) is 0. The van der Waals surface area contributed by atoms with Crippen molar-refractivity contribution in [2.45, 2.75) is 40.7 Å². The molecule has 3 rings (SSSR count). The van der Waals surface area contributed by atoms with Crippen LogP contribution in [0.3, 0.4) is 0 Å². The zero-order chi connectivity index (χ0) is 20.8. The number of rotatable bonds is 9. The Bertz CT molecular complexity index is 1040. The van der Waals surface area contributed by atoms with Crippen molar-refractivity contribution in [2.24, 2.45) is 0 Å². The molecule has 2 aromatic carbocycles. The van der Waals surface area contributed by atoms with Gasteiger partial charge in [-0.2, -0.15) is 0 Å². The third-order valence-corrected chi connectivity index (χ3v) is 5.05. The van der Waals surface area contributed by atoms with Crippen LogP contribution in [0.2, 0.25) is 0 Å². The van der Waals surface area contributed by atoms with Gasteiger partial charge in [-0.15, -0.1) is 0 Å². The van der Waals surface area contributed by atoms with Gasteiger partial charge in [0.05, 0.1) is 19.8 Å². The standard InChI is InChI=1S/C24H29NO4/c1-5-27-21-8-7-18(13-23(21)28-6-2)9-10-25-15-19-14-24(26)29-22-12-17(4)16(3)11-20(19)22/h7-8,11-14,25H,5-6,9-10,15H2,1-4H3/p+1. The van der Waals surface area contributed by atoms with Crippen molar-refractivity contribution in [3.8, 4) is 11.5 Å². The number of nitrogens with two attached hydrogens (primary N) is 1. The molecule has 0 saturated heterocycles. The Hall–Kier alpha value is -2.79. The van der Waals surface area contributed by atoms with Gasteiger partial charge in [0.25, 0.3) is 0 Å². The Kier molecular flexibility index (Phi) is 6.94. The van der Waals surface area contributed by atoms with E-state index >= 15 is 0 Å². The normalized spacial score (nSPS) is 11.0. The van der Waals surface area contributed by atoms with E-state index in [9.17, 15) is 4.79 Å². The SMILES string of the molecule is CCOc1ccc(CC[NH2+]Cc2cc(=O)oc3cc(C)c(C)cc23)cc1OCC. The maximum absolute atomic E-state index is 11.9. The van der Waals surface area contributed by atoms with Crippen LogP contribution in [0.25, 0.3) is 11.0 Å². The largest absolute Gasteiger partial charge is 0.490 e. The average Bonchev–Trinajstić information content (AvgIpc) is 2.68. The zero-order valence-corrected chi connectivity index (χ0v) is 17.7. The minimum absolute atomic E-state index is 0.294. The van der Waals surface area contributed by atoms with Gasteiger partial charge in [-0.1, -0.05) is 6.07 Å². The summed E-state index contributed by atoms with van der Waals surface area (Å²) < 4.78 is 16.7. The van der Waals surface area contributed by atoms with Crippen molar-refractivity contribution in [3.05, 3.63) is 69.1 Å². The smallest absolute Gasteiger partial charge is 0.336 e. The third kappa shape index (κ3) is 5.18. The number of fused-ring (bicyclic) bond motifs is 1. The van der Waals surface area contributed by atoms with Gasteiger partial charge in [0.2, 0.25) is 0 Å². The number of quaternary nitrogens is 1. The molecule has 1 heterocycles.